The Balaban J connectivity index is 0.000000230. The summed E-state index contributed by atoms with van der Waals surface area (Å²) in [5.41, 5.74) is 4.52. The number of amidine groups is 2. The molecule has 2 aliphatic rings. The van der Waals surface area contributed by atoms with Crippen molar-refractivity contribution in [1.29, 1.82) is 0 Å². The molecule has 0 radical (unpaired) electrons. The molecule has 0 aliphatic carbocycles. The maximum Gasteiger partial charge on any atom is 0.110 e. The van der Waals surface area contributed by atoms with Crippen LogP contribution in [0.5, 0.6) is 0 Å². The normalized spacial score (nSPS) is 16.5. The van der Waals surface area contributed by atoms with Crippen molar-refractivity contribution in [2.24, 2.45) is 15.4 Å². The summed E-state index contributed by atoms with van der Waals surface area (Å²) in [6, 6.07) is 16.8. The van der Waals surface area contributed by atoms with Gasteiger partial charge in [-0.05, 0) is 30.7 Å². The van der Waals surface area contributed by atoms with E-state index >= 15 is 0 Å². The van der Waals surface area contributed by atoms with Gasteiger partial charge in [0.25, 0.3) is 0 Å². The van der Waals surface area contributed by atoms with Crippen molar-refractivity contribution < 1.29 is 9.47 Å². The van der Waals surface area contributed by atoms with Gasteiger partial charge in [0.15, 0.2) is 0 Å². The number of nitrogens with zero attached hydrogens (tertiary/aromatic N) is 5. The van der Waals surface area contributed by atoms with Crippen LogP contribution in [0.2, 0.25) is 0 Å². The number of morpholine rings is 2. The Morgan fingerprint density at radius 1 is 0.786 bits per heavy atom. The average molecular weight is 579 g/mol. The van der Waals surface area contributed by atoms with Gasteiger partial charge in [-0.2, -0.15) is 0 Å². The first-order chi connectivity index (χ1) is 20.2. The summed E-state index contributed by atoms with van der Waals surface area (Å²) in [6.45, 7) is 15.7. The Morgan fingerprint density at radius 2 is 1.26 bits per heavy atom. The van der Waals surface area contributed by atoms with Gasteiger partial charge in [-0.15, -0.1) is 0 Å². The minimum absolute atomic E-state index is 0.0155. The summed E-state index contributed by atoms with van der Waals surface area (Å²) < 4.78 is 10.9. The maximum absolute atomic E-state index is 5.45. The van der Waals surface area contributed by atoms with Crippen LogP contribution in [-0.4, -0.2) is 90.3 Å². The third kappa shape index (κ3) is 10.3. The number of anilines is 2. The van der Waals surface area contributed by atoms with Crippen LogP contribution in [-0.2, 0) is 9.47 Å². The van der Waals surface area contributed by atoms with Crippen LogP contribution < -0.4 is 15.1 Å². The molecule has 2 fully saturated rings. The number of ether oxygens (including phenoxy) is 2. The molecular weight excluding hydrogens is 524 g/mol. The predicted octanol–water partition coefficient (Wildman–Crippen LogP) is 6.51. The lowest BCUT2D eigenvalue weighted by Gasteiger charge is -2.31. The molecule has 2 aromatic rings. The number of nitrogens with one attached hydrogen (secondary N) is 1. The first-order valence-corrected chi connectivity index (χ1v) is 15.6. The Labute approximate surface area is 254 Å². The molecule has 0 aromatic heterocycles. The third-order valence-electron chi connectivity index (χ3n) is 7.35. The van der Waals surface area contributed by atoms with Gasteiger partial charge in [-0.25, -0.2) is 9.98 Å². The first kappa shape index (κ1) is 33.4. The summed E-state index contributed by atoms with van der Waals surface area (Å²) >= 11 is 0. The van der Waals surface area contributed by atoms with E-state index in [-0.39, 0.29) is 5.41 Å². The Kier molecular flexibility index (Phi) is 13.6. The monoisotopic (exact) mass is 578 g/mol. The third-order valence-corrected chi connectivity index (χ3v) is 7.35. The molecule has 8 nitrogen and oxygen atoms in total. The number of hydrogen-bond acceptors (Lipinski definition) is 6. The number of para-hydroxylation sites is 4. The maximum atomic E-state index is 5.45. The molecule has 0 saturated carbocycles. The SMILES string of the molecule is CCCCCC(=Nc1ccccc1N1CCOCC1)NC.CN(C)C(=Nc1ccccc1N1CCOCC1)C(C)(C)C. The zero-order valence-corrected chi connectivity index (χ0v) is 27.2. The van der Waals surface area contributed by atoms with E-state index in [0.29, 0.717) is 0 Å². The predicted molar refractivity (Wildman–Crippen MR) is 179 cm³/mol. The minimum atomic E-state index is 0.0155. The first-order valence-electron chi connectivity index (χ1n) is 15.6. The van der Waals surface area contributed by atoms with Crippen LogP contribution in [0.15, 0.2) is 58.5 Å². The fourth-order valence-corrected chi connectivity index (χ4v) is 5.24. The lowest BCUT2D eigenvalue weighted by molar-refractivity contribution is 0.122. The number of rotatable bonds is 8. The van der Waals surface area contributed by atoms with E-state index in [1.807, 2.05) is 7.05 Å². The number of aliphatic imine (C=N–C) groups is 2. The Bertz CT molecular complexity index is 1130. The molecule has 0 amide bonds. The number of unbranched alkanes of at least 4 members (excludes halogenated alkanes) is 2. The van der Waals surface area contributed by atoms with E-state index in [1.165, 1.54) is 30.6 Å². The topological polar surface area (TPSA) is 64.9 Å². The average Bonchev–Trinajstić information content (AvgIpc) is 3.00. The van der Waals surface area contributed by atoms with Crippen molar-refractivity contribution in [2.45, 2.75) is 53.4 Å². The highest BCUT2D eigenvalue weighted by Gasteiger charge is 2.22. The zero-order chi connectivity index (χ0) is 30.4. The van der Waals surface area contributed by atoms with Crippen molar-refractivity contribution >= 4 is 34.4 Å². The van der Waals surface area contributed by atoms with Crippen molar-refractivity contribution in [1.82, 2.24) is 10.2 Å². The van der Waals surface area contributed by atoms with Crippen molar-refractivity contribution in [3.05, 3.63) is 48.5 Å². The second-order valence-electron chi connectivity index (χ2n) is 12.0. The molecule has 0 atom stereocenters. The largest absolute Gasteiger partial charge is 0.378 e. The molecule has 1 N–H and O–H groups in total. The van der Waals surface area contributed by atoms with Gasteiger partial charge in [-0.1, -0.05) is 64.8 Å². The molecule has 2 heterocycles. The fourth-order valence-electron chi connectivity index (χ4n) is 5.24. The summed E-state index contributed by atoms with van der Waals surface area (Å²) in [7, 11) is 6.07. The van der Waals surface area contributed by atoms with Gasteiger partial charge >= 0.3 is 0 Å². The van der Waals surface area contributed by atoms with Gasteiger partial charge < -0.3 is 29.5 Å². The van der Waals surface area contributed by atoms with Crippen LogP contribution in [0.25, 0.3) is 0 Å². The van der Waals surface area contributed by atoms with Gasteiger partial charge in [0.2, 0.25) is 0 Å². The highest BCUT2D eigenvalue weighted by Crippen LogP contribution is 2.32. The van der Waals surface area contributed by atoms with Gasteiger partial charge in [0.05, 0.1) is 49.2 Å². The number of benzene rings is 2. The second kappa shape index (κ2) is 17.1. The van der Waals surface area contributed by atoms with Gasteiger partial charge in [0, 0.05) is 59.2 Å². The number of hydrogen-bond donors (Lipinski definition) is 1. The molecule has 2 aliphatic heterocycles. The zero-order valence-electron chi connectivity index (χ0n) is 27.2. The van der Waals surface area contributed by atoms with Gasteiger partial charge in [0.1, 0.15) is 11.7 Å². The highest BCUT2D eigenvalue weighted by atomic mass is 16.5. The summed E-state index contributed by atoms with van der Waals surface area (Å²) in [5.74, 6) is 2.16. The molecule has 0 bridgehead atoms. The molecule has 0 spiro atoms. The smallest absolute Gasteiger partial charge is 0.110 e. The molecular formula is C34H54N6O2. The van der Waals surface area contributed by atoms with Crippen molar-refractivity contribution in [3.8, 4) is 0 Å². The fraction of sp³-hybridized carbons (Fsp3) is 0.588. The second-order valence-corrected chi connectivity index (χ2v) is 12.0. The van der Waals surface area contributed by atoms with Crippen LogP contribution in [0.3, 0.4) is 0 Å². The molecule has 4 rings (SSSR count). The lowest BCUT2D eigenvalue weighted by atomic mass is 9.94. The minimum Gasteiger partial charge on any atom is -0.378 e. The summed E-state index contributed by atoms with van der Waals surface area (Å²) in [5, 5.41) is 3.25. The summed E-state index contributed by atoms with van der Waals surface area (Å²) in [6.07, 6.45) is 4.70. The van der Waals surface area contributed by atoms with Crippen molar-refractivity contribution in [2.75, 3.05) is 83.5 Å². The van der Waals surface area contributed by atoms with E-state index in [0.717, 1.165) is 82.1 Å². The Morgan fingerprint density at radius 3 is 1.69 bits per heavy atom. The molecule has 2 aromatic carbocycles. The van der Waals surface area contributed by atoms with E-state index in [1.54, 1.807) is 0 Å². The molecule has 0 unspecified atom stereocenters. The molecule has 232 valence electrons. The van der Waals surface area contributed by atoms with Gasteiger partial charge in [-0.3, -0.25) is 0 Å². The van der Waals surface area contributed by atoms with E-state index in [9.17, 15) is 0 Å². The quantitative estimate of drug-likeness (QED) is 0.219. The van der Waals surface area contributed by atoms with E-state index in [4.69, 9.17) is 19.5 Å². The Hall–Kier alpha value is -3.10. The highest BCUT2D eigenvalue weighted by molar-refractivity contribution is 5.90. The van der Waals surface area contributed by atoms with Crippen molar-refractivity contribution in [3.63, 3.8) is 0 Å². The summed E-state index contributed by atoms with van der Waals surface area (Å²) in [4.78, 5) is 16.6. The lowest BCUT2D eigenvalue weighted by Crippen LogP contribution is -2.36. The van der Waals surface area contributed by atoms with Crippen LogP contribution in [0, 0.1) is 5.41 Å². The molecule has 8 heteroatoms. The van der Waals surface area contributed by atoms with E-state index in [2.05, 4.69) is 110 Å². The molecule has 42 heavy (non-hydrogen) atoms. The molecule has 2 saturated heterocycles. The van der Waals surface area contributed by atoms with Crippen LogP contribution in [0.4, 0.5) is 22.7 Å². The standard InChI is InChI=1S/2C17H27N3O/c1-17(2,3)16(19(4)5)18-14-8-6-7-9-15(14)20-10-12-21-13-11-20;1-3-4-5-10-17(18-2)19-15-8-6-7-9-16(15)20-11-13-21-14-12-20/h6-9H,10-13H2,1-5H3;6-9H,3-5,10-14H2,1-2H3,(H,18,19). The van der Waals surface area contributed by atoms with E-state index < -0.39 is 0 Å². The van der Waals surface area contributed by atoms with Crippen LogP contribution in [0.1, 0.15) is 53.4 Å². The van der Waals surface area contributed by atoms with Crippen LogP contribution >= 0.6 is 0 Å².